The first-order chi connectivity index (χ1) is 12.5. The van der Waals surface area contributed by atoms with Gasteiger partial charge < -0.3 is 14.5 Å². The largest absolute Gasteiger partial charge is 0.435 e. The van der Waals surface area contributed by atoms with Crippen LogP contribution < -0.4 is 10.1 Å². The summed E-state index contributed by atoms with van der Waals surface area (Å²) in [6.07, 6.45) is 4.36. The molecule has 0 saturated heterocycles. The Labute approximate surface area is 153 Å². The van der Waals surface area contributed by atoms with Gasteiger partial charge in [0.25, 0.3) is 5.22 Å². The number of carbonyl (C=O) groups excluding carboxylic acids is 1. The fourth-order valence-corrected chi connectivity index (χ4v) is 3.44. The molecule has 0 bridgehead atoms. The summed E-state index contributed by atoms with van der Waals surface area (Å²) in [6.45, 7) is -1.08. The number of hydrogen-bond donors (Lipinski definition) is 1. The molecular weight excluding hydrogens is 364 g/mol. The van der Waals surface area contributed by atoms with Crippen LogP contribution in [0.25, 0.3) is 11.5 Å². The van der Waals surface area contributed by atoms with Gasteiger partial charge >= 0.3 is 6.61 Å². The van der Waals surface area contributed by atoms with Crippen LogP contribution in [0, 0.1) is 0 Å². The van der Waals surface area contributed by atoms with E-state index in [0.717, 1.165) is 25.7 Å². The molecule has 1 aromatic heterocycles. The van der Waals surface area contributed by atoms with Crippen molar-refractivity contribution in [2.24, 2.45) is 0 Å². The Morgan fingerprint density at radius 3 is 2.62 bits per heavy atom. The van der Waals surface area contributed by atoms with E-state index in [1.54, 1.807) is 19.1 Å². The number of ether oxygens (including phenoxy) is 1. The van der Waals surface area contributed by atoms with Gasteiger partial charge in [0.15, 0.2) is 0 Å². The number of amides is 1. The second-order valence-electron chi connectivity index (χ2n) is 6.03. The lowest BCUT2D eigenvalue weighted by Crippen LogP contribution is -2.37. The van der Waals surface area contributed by atoms with Crippen molar-refractivity contribution in [2.45, 2.75) is 55.7 Å². The minimum atomic E-state index is -2.87. The highest BCUT2D eigenvalue weighted by atomic mass is 32.2. The van der Waals surface area contributed by atoms with Crippen molar-refractivity contribution in [2.75, 3.05) is 0 Å². The summed E-state index contributed by atoms with van der Waals surface area (Å²) in [4.78, 5) is 12.2. The summed E-state index contributed by atoms with van der Waals surface area (Å²) in [5.41, 5.74) is 0.578. The first-order valence-electron chi connectivity index (χ1n) is 8.37. The molecule has 1 unspecified atom stereocenters. The molecule has 1 amide bonds. The van der Waals surface area contributed by atoms with E-state index in [1.807, 2.05) is 0 Å². The van der Waals surface area contributed by atoms with Crippen LogP contribution in [0.15, 0.2) is 33.9 Å². The van der Waals surface area contributed by atoms with Crippen molar-refractivity contribution in [3.05, 3.63) is 24.3 Å². The number of rotatable bonds is 7. The van der Waals surface area contributed by atoms with Gasteiger partial charge in [-0.2, -0.15) is 8.78 Å². The van der Waals surface area contributed by atoms with Crippen LogP contribution in [-0.4, -0.2) is 34.0 Å². The Balaban J connectivity index is 1.57. The topological polar surface area (TPSA) is 77.2 Å². The summed E-state index contributed by atoms with van der Waals surface area (Å²) in [5.74, 6) is 0.254. The fourth-order valence-electron chi connectivity index (χ4n) is 2.75. The molecule has 0 spiro atoms. The zero-order valence-corrected chi connectivity index (χ0v) is 15.0. The first kappa shape index (κ1) is 18.6. The van der Waals surface area contributed by atoms with Gasteiger partial charge in [-0.05, 0) is 44.0 Å². The molecule has 0 aliphatic heterocycles. The second-order valence-corrected chi connectivity index (χ2v) is 7.32. The van der Waals surface area contributed by atoms with Gasteiger partial charge in [0.1, 0.15) is 5.75 Å². The van der Waals surface area contributed by atoms with E-state index in [-0.39, 0.29) is 34.1 Å². The molecular formula is C17H19F2N3O3S. The molecule has 1 N–H and O–H groups in total. The molecule has 1 atom stereocenters. The quantitative estimate of drug-likeness (QED) is 0.731. The third-order valence-corrected chi connectivity index (χ3v) is 5.02. The van der Waals surface area contributed by atoms with Gasteiger partial charge in [-0.3, -0.25) is 4.79 Å². The number of nitrogens with zero attached hydrogens (tertiary/aromatic N) is 2. The number of aromatic nitrogens is 2. The van der Waals surface area contributed by atoms with Gasteiger partial charge in [0, 0.05) is 11.6 Å². The second kappa shape index (κ2) is 8.48. The van der Waals surface area contributed by atoms with Crippen molar-refractivity contribution in [1.82, 2.24) is 15.5 Å². The van der Waals surface area contributed by atoms with Crippen molar-refractivity contribution in [3.63, 3.8) is 0 Å². The van der Waals surface area contributed by atoms with Crippen LogP contribution >= 0.6 is 11.8 Å². The van der Waals surface area contributed by atoms with Crippen LogP contribution in [0.1, 0.15) is 32.6 Å². The maximum atomic E-state index is 12.2. The highest BCUT2D eigenvalue weighted by molar-refractivity contribution is 8.00. The van der Waals surface area contributed by atoms with Crippen molar-refractivity contribution < 1.29 is 22.7 Å². The molecule has 140 valence electrons. The molecule has 9 heteroatoms. The van der Waals surface area contributed by atoms with Crippen LogP contribution in [0.2, 0.25) is 0 Å². The summed E-state index contributed by atoms with van der Waals surface area (Å²) in [6, 6.07) is 6.16. The van der Waals surface area contributed by atoms with Gasteiger partial charge in [0.2, 0.25) is 11.8 Å². The molecule has 1 aliphatic carbocycles. The number of halogens is 2. The highest BCUT2D eigenvalue weighted by Gasteiger charge is 2.23. The van der Waals surface area contributed by atoms with Crippen LogP contribution in [0.3, 0.4) is 0 Å². The average Bonchev–Trinajstić information content (AvgIpc) is 3.27. The number of alkyl halides is 2. The molecule has 6 nitrogen and oxygen atoms in total. The fraction of sp³-hybridized carbons (Fsp3) is 0.471. The van der Waals surface area contributed by atoms with Gasteiger partial charge in [-0.15, -0.1) is 10.2 Å². The Bertz CT molecular complexity index is 733. The smallest absolute Gasteiger partial charge is 0.387 e. The Morgan fingerprint density at radius 1 is 1.27 bits per heavy atom. The predicted octanol–water partition coefficient (Wildman–Crippen LogP) is 3.88. The lowest BCUT2D eigenvalue weighted by atomic mass is 10.2. The summed E-state index contributed by atoms with van der Waals surface area (Å²) in [7, 11) is 0. The van der Waals surface area contributed by atoms with Crippen molar-refractivity contribution >= 4 is 17.7 Å². The lowest BCUT2D eigenvalue weighted by Gasteiger charge is -2.14. The molecule has 3 rings (SSSR count). The Hall–Kier alpha value is -2.16. The number of benzene rings is 1. The lowest BCUT2D eigenvalue weighted by molar-refractivity contribution is -0.121. The van der Waals surface area contributed by atoms with E-state index in [1.165, 1.54) is 23.9 Å². The van der Waals surface area contributed by atoms with E-state index >= 15 is 0 Å². The molecule has 26 heavy (non-hydrogen) atoms. The summed E-state index contributed by atoms with van der Waals surface area (Å²) >= 11 is 1.19. The molecule has 1 aliphatic rings. The third kappa shape index (κ3) is 4.94. The maximum absolute atomic E-state index is 12.2. The Kier molecular flexibility index (Phi) is 6.08. The average molecular weight is 383 g/mol. The first-order valence-corrected chi connectivity index (χ1v) is 9.25. The van der Waals surface area contributed by atoms with E-state index in [9.17, 15) is 13.6 Å². The van der Waals surface area contributed by atoms with E-state index in [0.29, 0.717) is 5.56 Å². The van der Waals surface area contributed by atoms with Crippen LogP contribution in [0.5, 0.6) is 5.75 Å². The van der Waals surface area contributed by atoms with Gasteiger partial charge in [-0.1, -0.05) is 24.6 Å². The normalized spacial score (nSPS) is 16.0. The van der Waals surface area contributed by atoms with Crippen molar-refractivity contribution in [3.8, 4) is 17.2 Å². The molecule has 1 saturated carbocycles. The summed E-state index contributed by atoms with van der Waals surface area (Å²) < 4.78 is 34.2. The van der Waals surface area contributed by atoms with Gasteiger partial charge in [-0.25, -0.2) is 0 Å². The molecule has 1 aromatic carbocycles. The Morgan fingerprint density at radius 2 is 1.96 bits per heavy atom. The van der Waals surface area contributed by atoms with E-state index in [4.69, 9.17) is 4.42 Å². The van der Waals surface area contributed by atoms with E-state index in [2.05, 4.69) is 20.3 Å². The van der Waals surface area contributed by atoms with Crippen LogP contribution in [-0.2, 0) is 4.79 Å². The van der Waals surface area contributed by atoms with Crippen molar-refractivity contribution in [1.29, 1.82) is 0 Å². The molecule has 1 fully saturated rings. The number of hydrogen-bond acceptors (Lipinski definition) is 6. The third-order valence-electron chi connectivity index (χ3n) is 4.08. The maximum Gasteiger partial charge on any atom is 0.387 e. The number of carbonyl (C=O) groups is 1. The highest BCUT2D eigenvalue weighted by Crippen LogP contribution is 2.28. The minimum absolute atomic E-state index is 0.0462. The minimum Gasteiger partial charge on any atom is -0.435 e. The standard InChI is InChI=1S/C17H19F2N3O3S/c1-10(14(23)20-12-4-2-3-5-12)26-17-22-21-15(25-17)11-6-8-13(9-7-11)24-16(18)19/h6-10,12,16H,2-5H2,1H3,(H,20,23). The SMILES string of the molecule is CC(Sc1nnc(-c2ccc(OC(F)F)cc2)o1)C(=O)NC1CCCC1. The predicted molar refractivity (Wildman–Crippen MR) is 92.1 cm³/mol. The van der Waals surface area contributed by atoms with E-state index < -0.39 is 6.61 Å². The molecule has 1 heterocycles. The summed E-state index contributed by atoms with van der Waals surface area (Å²) in [5, 5.41) is 10.8. The zero-order chi connectivity index (χ0) is 18.5. The molecule has 2 aromatic rings. The van der Waals surface area contributed by atoms with Crippen LogP contribution in [0.4, 0.5) is 8.78 Å². The molecule has 0 radical (unpaired) electrons. The monoisotopic (exact) mass is 383 g/mol. The zero-order valence-electron chi connectivity index (χ0n) is 14.2. The number of nitrogens with one attached hydrogen (secondary N) is 1. The van der Waals surface area contributed by atoms with Gasteiger partial charge in [0.05, 0.1) is 5.25 Å². The number of thioether (sulfide) groups is 1.